The number of aromatic nitrogens is 1. The minimum absolute atomic E-state index is 0.908. The van der Waals surface area contributed by atoms with Crippen LogP contribution in [0.15, 0.2) is 67.3 Å². The van der Waals surface area contributed by atoms with Gasteiger partial charge in [0.2, 0.25) is 0 Å². The lowest BCUT2D eigenvalue weighted by molar-refractivity contribution is 1.23. The fourth-order valence-corrected chi connectivity index (χ4v) is 3.40. The number of hydrogen-bond donors (Lipinski definition) is 1. The summed E-state index contributed by atoms with van der Waals surface area (Å²) in [4.78, 5) is 3.56. The second-order valence-corrected chi connectivity index (χ2v) is 6.57. The summed E-state index contributed by atoms with van der Waals surface area (Å²) in [5.41, 5.74) is 8.86. The molecule has 1 heteroatoms. The molecule has 0 fully saturated rings. The van der Waals surface area contributed by atoms with E-state index in [2.05, 4.69) is 80.0 Å². The standard InChI is InChI=1S/C23H21N/c1-4-5-18-14-23-20(12-16(18)3)21-13-19(10-11-22(21)24-23)17-8-6-15(2)7-9-17/h4,6-14,24H,1,5H2,2-3H3. The van der Waals surface area contributed by atoms with Crippen molar-refractivity contribution in [3.63, 3.8) is 0 Å². The van der Waals surface area contributed by atoms with Gasteiger partial charge in [-0.25, -0.2) is 0 Å². The van der Waals surface area contributed by atoms with E-state index in [0.717, 1.165) is 6.42 Å². The number of fused-ring (bicyclic) bond motifs is 3. The van der Waals surface area contributed by atoms with Gasteiger partial charge < -0.3 is 4.98 Å². The van der Waals surface area contributed by atoms with E-state index < -0.39 is 0 Å². The normalized spacial score (nSPS) is 11.2. The Balaban J connectivity index is 1.92. The number of H-pyrrole nitrogens is 1. The molecule has 0 aliphatic rings. The number of aryl methyl sites for hydroxylation is 2. The Bertz CT molecular complexity index is 1050. The summed E-state index contributed by atoms with van der Waals surface area (Å²) in [7, 11) is 0. The molecule has 118 valence electrons. The van der Waals surface area contributed by atoms with Crippen LogP contribution < -0.4 is 0 Å². The maximum absolute atomic E-state index is 3.86. The van der Waals surface area contributed by atoms with Crippen molar-refractivity contribution in [3.8, 4) is 11.1 Å². The van der Waals surface area contributed by atoms with Crippen molar-refractivity contribution in [1.82, 2.24) is 4.98 Å². The average molecular weight is 311 g/mol. The zero-order valence-electron chi connectivity index (χ0n) is 14.2. The van der Waals surface area contributed by atoms with Gasteiger partial charge >= 0.3 is 0 Å². The smallest absolute Gasteiger partial charge is 0.0467 e. The van der Waals surface area contributed by atoms with Gasteiger partial charge in [-0.3, -0.25) is 0 Å². The molecule has 0 amide bonds. The molecule has 0 aliphatic carbocycles. The Hall–Kier alpha value is -2.80. The van der Waals surface area contributed by atoms with Crippen molar-refractivity contribution in [2.45, 2.75) is 20.3 Å². The molecule has 0 saturated carbocycles. The fourth-order valence-electron chi connectivity index (χ4n) is 3.40. The largest absolute Gasteiger partial charge is 0.355 e. The molecule has 24 heavy (non-hydrogen) atoms. The van der Waals surface area contributed by atoms with Crippen LogP contribution in [0.2, 0.25) is 0 Å². The van der Waals surface area contributed by atoms with Gasteiger partial charge in [-0.2, -0.15) is 0 Å². The maximum Gasteiger partial charge on any atom is 0.0467 e. The minimum Gasteiger partial charge on any atom is -0.355 e. The molecule has 1 N–H and O–H groups in total. The van der Waals surface area contributed by atoms with Gasteiger partial charge in [0.05, 0.1) is 0 Å². The van der Waals surface area contributed by atoms with Crippen molar-refractivity contribution >= 4 is 21.8 Å². The highest BCUT2D eigenvalue weighted by atomic mass is 14.7. The Morgan fingerprint density at radius 1 is 0.833 bits per heavy atom. The molecule has 1 aromatic heterocycles. The molecule has 3 aromatic carbocycles. The molecule has 0 bridgehead atoms. The van der Waals surface area contributed by atoms with Crippen LogP contribution in [0.4, 0.5) is 0 Å². The monoisotopic (exact) mass is 311 g/mol. The predicted octanol–water partition coefficient (Wildman–Crippen LogP) is 6.33. The van der Waals surface area contributed by atoms with Gasteiger partial charge in [0.15, 0.2) is 0 Å². The molecule has 0 saturated heterocycles. The Morgan fingerprint density at radius 3 is 2.29 bits per heavy atom. The molecule has 0 radical (unpaired) electrons. The highest BCUT2D eigenvalue weighted by molar-refractivity contribution is 6.09. The van der Waals surface area contributed by atoms with E-state index in [9.17, 15) is 0 Å². The summed E-state index contributed by atoms with van der Waals surface area (Å²) < 4.78 is 0. The Kier molecular flexibility index (Phi) is 3.50. The van der Waals surface area contributed by atoms with Crippen LogP contribution in [0.5, 0.6) is 0 Å². The summed E-state index contributed by atoms with van der Waals surface area (Å²) in [5.74, 6) is 0. The summed E-state index contributed by atoms with van der Waals surface area (Å²) in [6.07, 6.45) is 2.87. The summed E-state index contributed by atoms with van der Waals surface area (Å²) in [6.45, 7) is 8.16. The number of aromatic amines is 1. The second kappa shape index (κ2) is 5.68. The van der Waals surface area contributed by atoms with Crippen molar-refractivity contribution in [2.75, 3.05) is 0 Å². The highest BCUT2D eigenvalue weighted by Gasteiger charge is 2.09. The zero-order valence-corrected chi connectivity index (χ0v) is 14.2. The average Bonchev–Trinajstić information content (AvgIpc) is 2.93. The predicted molar refractivity (Wildman–Crippen MR) is 105 cm³/mol. The van der Waals surface area contributed by atoms with E-state index >= 15 is 0 Å². The first kappa shape index (κ1) is 14.8. The first-order valence-corrected chi connectivity index (χ1v) is 8.38. The second-order valence-electron chi connectivity index (χ2n) is 6.57. The Labute approximate surface area is 142 Å². The molecule has 1 heterocycles. The molecule has 1 nitrogen and oxygen atoms in total. The van der Waals surface area contributed by atoms with Gasteiger partial charge in [0, 0.05) is 21.8 Å². The summed E-state index contributed by atoms with van der Waals surface area (Å²) >= 11 is 0. The van der Waals surface area contributed by atoms with Crippen LogP contribution in [0.25, 0.3) is 32.9 Å². The van der Waals surface area contributed by atoms with Crippen LogP contribution in [0, 0.1) is 13.8 Å². The lowest BCUT2D eigenvalue weighted by Crippen LogP contribution is -1.86. The lowest BCUT2D eigenvalue weighted by atomic mass is 9.99. The molecule has 4 rings (SSSR count). The van der Waals surface area contributed by atoms with Gasteiger partial charge in [-0.15, -0.1) is 6.58 Å². The van der Waals surface area contributed by atoms with Crippen molar-refractivity contribution in [3.05, 3.63) is 83.9 Å². The SMILES string of the molecule is C=CCc1cc2[nH]c3ccc(-c4ccc(C)cc4)cc3c2cc1C. The van der Waals surface area contributed by atoms with Gasteiger partial charge in [0.1, 0.15) is 0 Å². The molecular weight excluding hydrogens is 290 g/mol. The minimum atomic E-state index is 0.908. The molecule has 0 atom stereocenters. The van der Waals surface area contributed by atoms with Crippen LogP contribution in [0.3, 0.4) is 0 Å². The third kappa shape index (κ3) is 2.43. The number of benzene rings is 3. The number of allylic oxidation sites excluding steroid dienone is 1. The summed E-state index contributed by atoms with van der Waals surface area (Å²) in [6, 6.07) is 20.0. The number of hydrogen-bond acceptors (Lipinski definition) is 0. The van der Waals surface area contributed by atoms with Gasteiger partial charge in [0.25, 0.3) is 0 Å². The third-order valence-corrected chi connectivity index (χ3v) is 4.80. The van der Waals surface area contributed by atoms with Crippen LogP contribution >= 0.6 is 0 Å². The first-order chi connectivity index (χ1) is 11.7. The van der Waals surface area contributed by atoms with E-state index in [-0.39, 0.29) is 0 Å². The molecule has 0 aliphatic heterocycles. The summed E-state index contributed by atoms with van der Waals surface area (Å²) in [5, 5.41) is 2.58. The van der Waals surface area contributed by atoms with E-state index in [1.807, 2.05) is 6.08 Å². The van der Waals surface area contributed by atoms with E-state index in [1.165, 1.54) is 49.6 Å². The molecule has 4 aromatic rings. The van der Waals surface area contributed by atoms with Crippen molar-refractivity contribution in [2.24, 2.45) is 0 Å². The number of nitrogens with one attached hydrogen (secondary N) is 1. The van der Waals surface area contributed by atoms with E-state index in [1.54, 1.807) is 0 Å². The molecular formula is C23H21N. The zero-order chi connectivity index (χ0) is 16.7. The third-order valence-electron chi connectivity index (χ3n) is 4.80. The van der Waals surface area contributed by atoms with Crippen LogP contribution in [0.1, 0.15) is 16.7 Å². The van der Waals surface area contributed by atoms with Crippen LogP contribution in [-0.2, 0) is 6.42 Å². The fraction of sp³-hybridized carbons (Fsp3) is 0.130. The van der Waals surface area contributed by atoms with E-state index in [0.29, 0.717) is 0 Å². The van der Waals surface area contributed by atoms with Gasteiger partial charge in [-0.05, 0) is 66.8 Å². The van der Waals surface area contributed by atoms with E-state index in [4.69, 9.17) is 0 Å². The lowest BCUT2D eigenvalue weighted by Gasteiger charge is -2.04. The molecule has 0 spiro atoms. The van der Waals surface area contributed by atoms with Crippen molar-refractivity contribution < 1.29 is 0 Å². The van der Waals surface area contributed by atoms with Crippen LogP contribution in [-0.4, -0.2) is 4.98 Å². The van der Waals surface area contributed by atoms with Crippen molar-refractivity contribution in [1.29, 1.82) is 0 Å². The number of rotatable bonds is 3. The highest BCUT2D eigenvalue weighted by Crippen LogP contribution is 2.32. The molecule has 0 unspecified atom stereocenters. The Morgan fingerprint density at radius 2 is 1.54 bits per heavy atom. The quantitative estimate of drug-likeness (QED) is 0.425. The maximum atomic E-state index is 3.86. The first-order valence-electron chi connectivity index (χ1n) is 8.38. The topological polar surface area (TPSA) is 15.8 Å². The van der Waals surface area contributed by atoms with Gasteiger partial charge in [-0.1, -0.05) is 42.0 Å².